The first-order valence-electron chi connectivity index (χ1n) is 24.4. The minimum atomic E-state index is -4.22. The second-order valence-electron chi connectivity index (χ2n) is 19.2. The third kappa shape index (κ3) is 11.4. The first kappa shape index (κ1) is 51.5. The molecule has 1 aliphatic heterocycles. The molecule has 3 amide bonds. The number of piperazine rings is 1. The van der Waals surface area contributed by atoms with Gasteiger partial charge in [0.15, 0.2) is 0 Å². The highest BCUT2D eigenvalue weighted by atomic mass is 32.2. The van der Waals surface area contributed by atoms with Gasteiger partial charge in [-0.05, 0) is 116 Å². The number of aryl methyl sites for hydroxylation is 1. The number of H-pyrrole nitrogens is 1. The topological polar surface area (TPSA) is 226 Å². The van der Waals surface area contributed by atoms with Gasteiger partial charge in [0.2, 0.25) is 15.4 Å². The van der Waals surface area contributed by atoms with Crippen LogP contribution >= 0.6 is 0 Å². The molecule has 1 aliphatic rings. The molecule has 1 saturated heterocycles. The molecule has 75 heavy (non-hydrogen) atoms. The fourth-order valence-electron chi connectivity index (χ4n) is 9.44. The number of nitrogens with two attached hydrogens (primary N) is 1. The van der Waals surface area contributed by atoms with Crippen molar-refractivity contribution in [3.63, 3.8) is 0 Å². The number of pyridine rings is 2. The van der Waals surface area contributed by atoms with Crippen molar-refractivity contribution < 1.29 is 37.4 Å². The molecular weight excluding hydrogens is 971 g/mol. The van der Waals surface area contributed by atoms with Crippen molar-refractivity contribution >= 4 is 60.7 Å². The Labute approximate surface area is 434 Å². The second kappa shape index (κ2) is 21.6. The number of nitrogens with one attached hydrogen (secondary N) is 3. The van der Waals surface area contributed by atoms with Gasteiger partial charge in [-0.15, -0.1) is 0 Å². The number of primary amides is 1. The lowest BCUT2D eigenvalue weighted by atomic mass is 9.93. The number of carbonyl (C=O) groups excluding carboxylic acids is 3. The maximum Gasteiger partial charge on any atom is 0.254 e. The van der Waals surface area contributed by atoms with E-state index in [0.717, 1.165) is 11.1 Å². The molecule has 17 heteroatoms. The van der Waals surface area contributed by atoms with Gasteiger partial charge in [-0.1, -0.05) is 60.7 Å². The molecule has 16 nitrogen and oxygen atoms in total. The number of benzene rings is 6. The van der Waals surface area contributed by atoms with Gasteiger partial charge in [0.25, 0.3) is 17.7 Å². The lowest BCUT2D eigenvalue weighted by molar-refractivity contribution is 0.0535. The third-order valence-corrected chi connectivity index (χ3v) is 15.1. The Morgan fingerprint density at radius 1 is 0.787 bits per heavy atom. The number of anilines is 2. The van der Waals surface area contributed by atoms with E-state index < -0.39 is 27.4 Å². The number of aromatic nitrogens is 2. The SMILES string of the molecule is COc1cccc(Nc2c(C(N)=O)cnc3c(C)cc(S(=O)(=O)c4cccc(C(=O)N5CCN(C(=O)c6cccc(CC(C)(C)NCC(O)c7ccc(OCc8ccccc8)c8[nH]c(=O)ccc78)c6)CC5)c4)cc23)c1. The van der Waals surface area contributed by atoms with Crippen LogP contribution in [-0.2, 0) is 22.9 Å². The summed E-state index contributed by atoms with van der Waals surface area (Å²) in [6, 6.07) is 39.7. The van der Waals surface area contributed by atoms with Crippen molar-refractivity contribution in [3.8, 4) is 11.5 Å². The predicted molar refractivity (Wildman–Crippen MR) is 288 cm³/mol. The van der Waals surface area contributed by atoms with Crippen LogP contribution in [0.1, 0.15) is 73.3 Å². The molecule has 0 aliphatic carbocycles. The van der Waals surface area contributed by atoms with Crippen LogP contribution in [0.4, 0.5) is 11.4 Å². The number of fused-ring (bicyclic) bond motifs is 2. The minimum Gasteiger partial charge on any atom is -0.497 e. The molecule has 384 valence electrons. The smallest absolute Gasteiger partial charge is 0.254 e. The Bertz CT molecular complexity index is 3650. The van der Waals surface area contributed by atoms with Crippen molar-refractivity contribution in [3.05, 3.63) is 195 Å². The second-order valence-corrected chi connectivity index (χ2v) is 21.2. The van der Waals surface area contributed by atoms with Gasteiger partial charge in [-0.3, -0.25) is 24.2 Å². The molecule has 1 fully saturated rings. The van der Waals surface area contributed by atoms with E-state index in [0.29, 0.717) is 68.7 Å². The summed E-state index contributed by atoms with van der Waals surface area (Å²) in [6.07, 6.45) is 0.974. The van der Waals surface area contributed by atoms with Crippen LogP contribution in [0.5, 0.6) is 11.5 Å². The van der Waals surface area contributed by atoms with Crippen LogP contribution in [0.2, 0.25) is 0 Å². The van der Waals surface area contributed by atoms with Crippen LogP contribution < -0.4 is 31.4 Å². The molecule has 2 aromatic heterocycles. The zero-order valence-corrected chi connectivity index (χ0v) is 42.7. The van der Waals surface area contributed by atoms with E-state index in [1.807, 2.05) is 68.4 Å². The number of methoxy groups -OCH3 is 1. The fraction of sp³-hybridized carbons (Fsp3) is 0.224. The molecular formula is C58H57N7O9S. The lowest BCUT2D eigenvalue weighted by Gasteiger charge is -2.35. The molecule has 9 rings (SSSR count). The van der Waals surface area contributed by atoms with Gasteiger partial charge >= 0.3 is 0 Å². The molecule has 1 unspecified atom stereocenters. The summed E-state index contributed by atoms with van der Waals surface area (Å²) in [5.74, 6) is -0.239. The quantitative estimate of drug-likeness (QED) is 0.0587. The van der Waals surface area contributed by atoms with Crippen molar-refractivity contribution in [2.75, 3.05) is 45.2 Å². The molecule has 0 saturated carbocycles. The standard InChI is InChI=1S/C58H57N7O9S/c1-36-27-44(31-47-52(36)60-33-48(55(59)68)53(47)62-41-16-10-17-42(30-41)73-4)75(71,72)43-18-9-15-40(29-43)57(70)65-25-23-64(24-26-65)56(69)39-14-8-13-38(28-39)32-58(2,3)61-34-49(66)45-19-21-50(54-46(45)20-22-51(67)63-54)74-35-37-11-6-5-7-12-37/h5-22,27-31,33,49,61,66H,23-26,32,34-35H2,1-4H3,(H2,59,68)(H,60,62)(H,63,67). The largest absolute Gasteiger partial charge is 0.497 e. The summed E-state index contributed by atoms with van der Waals surface area (Å²) < 4.78 is 40.2. The molecule has 1 atom stereocenters. The highest BCUT2D eigenvalue weighted by Crippen LogP contribution is 2.36. The van der Waals surface area contributed by atoms with Crippen LogP contribution in [0, 0.1) is 6.92 Å². The van der Waals surface area contributed by atoms with E-state index in [1.54, 1.807) is 65.3 Å². The highest BCUT2D eigenvalue weighted by molar-refractivity contribution is 7.91. The molecule has 0 radical (unpaired) electrons. The predicted octanol–water partition coefficient (Wildman–Crippen LogP) is 7.89. The number of aliphatic hydroxyl groups is 1. The number of aromatic amines is 1. The number of hydrogen-bond donors (Lipinski definition) is 5. The number of nitrogens with zero attached hydrogens (tertiary/aromatic N) is 3. The molecule has 3 heterocycles. The number of carbonyl (C=O) groups is 3. The minimum absolute atomic E-state index is 0.0603. The van der Waals surface area contributed by atoms with Crippen molar-refractivity contribution in [2.24, 2.45) is 5.73 Å². The molecule has 0 bridgehead atoms. The summed E-state index contributed by atoms with van der Waals surface area (Å²) >= 11 is 0. The van der Waals surface area contributed by atoms with E-state index in [9.17, 15) is 32.7 Å². The summed E-state index contributed by atoms with van der Waals surface area (Å²) in [5.41, 5.74) is 10.6. The molecule has 8 aromatic rings. The van der Waals surface area contributed by atoms with E-state index in [1.165, 1.54) is 49.7 Å². The number of sulfone groups is 1. The average Bonchev–Trinajstić information content (AvgIpc) is 3.41. The first-order chi connectivity index (χ1) is 36.0. The number of ether oxygens (including phenoxy) is 2. The molecule has 0 spiro atoms. The zero-order valence-electron chi connectivity index (χ0n) is 41.9. The Morgan fingerprint density at radius 3 is 2.17 bits per heavy atom. The number of β-amino-alcohol motifs (C(OH)–C–C–N with tert-alkyl or cyclic N) is 1. The fourth-order valence-corrected chi connectivity index (χ4v) is 10.9. The Morgan fingerprint density at radius 2 is 1.47 bits per heavy atom. The van der Waals surface area contributed by atoms with Crippen LogP contribution in [-0.4, -0.2) is 96.4 Å². The Balaban J connectivity index is 0.831. The number of aliphatic hydroxyl groups excluding tert-OH is 1. The average molecular weight is 1030 g/mol. The normalized spacial score (nSPS) is 13.4. The van der Waals surface area contributed by atoms with Gasteiger partial charge in [0, 0.05) is 84.2 Å². The van der Waals surface area contributed by atoms with Gasteiger partial charge in [0.1, 0.15) is 18.1 Å². The van der Waals surface area contributed by atoms with E-state index in [-0.39, 0.29) is 76.7 Å². The van der Waals surface area contributed by atoms with Crippen LogP contribution in [0.3, 0.4) is 0 Å². The first-order valence-corrected chi connectivity index (χ1v) is 25.9. The monoisotopic (exact) mass is 1030 g/mol. The van der Waals surface area contributed by atoms with Crippen LogP contribution in [0.25, 0.3) is 21.8 Å². The lowest BCUT2D eigenvalue weighted by Crippen LogP contribution is -2.50. The summed E-state index contributed by atoms with van der Waals surface area (Å²) in [6.45, 7) is 7.30. The van der Waals surface area contributed by atoms with Gasteiger partial charge in [0.05, 0.1) is 45.3 Å². The zero-order chi connectivity index (χ0) is 53.0. The highest BCUT2D eigenvalue weighted by Gasteiger charge is 2.29. The van der Waals surface area contributed by atoms with Crippen molar-refractivity contribution in [2.45, 2.75) is 55.2 Å². The summed E-state index contributed by atoms with van der Waals surface area (Å²) in [7, 11) is -2.69. The number of hydrogen-bond acceptors (Lipinski definition) is 12. The summed E-state index contributed by atoms with van der Waals surface area (Å²) in [4.78, 5) is 63.4. The number of rotatable bonds is 17. The van der Waals surface area contributed by atoms with Crippen molar-refractivity contribution in [1.82, 2.24) is 25.1 Å². The summed E-state index contributed by atoms with van der Waals surface area (Å²) in [5, 5.41) is 19.2. The van der Waals surface area contributed by atoms with E-state index in [2.05, 4.69) is 20.6 Å². The maximum atomic E-state index is 14.4. The van der Waals surface area contributed by atoms with Gasteiger partial charge in [-0.25, -0.2) is 8.42 Å². The van der Waals surface area contributed by atoms with Crippen molar-refractivity contribution in [1.29, 1.82) is 0 Å². The van der Waals surface area contributed by atoms with Gasteiger partial charge < -0.3 is 45.7 Å². The molecule has 6 aromatic carbocycles. The number of amides is 3. The van der Waals surface area contributed by atoms with Crippen LogP contribution in [0.15, 0.2) is 160 Å². The van der Waals surface area contributed by atoms with Gasteiger partial charge in [-0.2, -0.15) is 0 Å². The third-order valence-electron chi connectivity index (χ3n) is 13.4. The Hall–Kier alpha value is -8.38. The Kier molecular flexibility index (Phi) is 14.8. The van der Waals surface area contributed by atoms with E-state index in [4.69, 9.17) is 15.2 Å². The maximum absolute atomic E-state index is 14.4. The molecule has 6 N–H and O–H groups in total. The van der Waals surface area contributed by atoms with E-state index >= 15 is 0 Å².